The van der Waals surface area contributed by atoms with Crippen molar-refractivity contribution in [3.8, 4) is 0 Å². The lowest BCUT2D eigenvalue weighted by Crippen LogP contribution is -1.93. The third-order valence-electron chi connectivity index (χ3n) is 2.65. The van der Waals surface area contributed by atoms with E-state index in [9.17, 15) is 5.11 Å². The number of aromatic nitrogens is 2. The van der Waals surface area contributed by atoms with E-state index in [1.54, 1.807) is 11.8 Å². The van der Waals surface area contributed by atoms with Crippen LogP contribution in [0.5, 0.6) is 0 Å². The molecule has 0 bridgehead atoms. The average molecular weight is 248 g/mol. The first-order valence-corrected chi connectivity index (χ1v) is 6.31. The van der Waals surface area contributed by atoms with Gasteiger partial charge in [0.1, 0.15) is 5.03 Å². The molecule has 0 fully saturated rings. The summed E-state index contributed by atoms with van der Waals surface area (Å²) in [5.41, 5.74) is 3.04. The van der Waals surface area contributed by atoms with Crippen molar-refractivity contribution in [3.63, 3.8) is 0 Å². The Balaban J connectivity index is 2.36. The van der Waals surface area contributed by atoms with Gasteiger partial charge in [0.15, 0.2) is 0 Å². The van der Waals surface area contributed by atoms with Crippen molar-refractivity contribution >= 4 is 11.8 Å². The van der Waals surface area contributed by atoms with Crippen molar-refractivity contribution in [1.82, 2.24) is 9.78 Å². The van der Waals surface area contributed by atoms with E-state index in [4.69, 9.17) is 0 Å². The molecular weight excluding hydrogens is 232 g/mol. The van der Waals surface area contributed by atoms with Gasteiger partial charge in [0.2, 0.25) is 0 Å². The Labute approximate surface area is 105 Å². The zero-order valence-electron chi connectivity index (χ0n) is 10.3. The van der Waals surface area contributed by atoms with Gasteiger partial charge in [0.05, 0.1) is 12.3 Å². The Hall–Kier alpha value is -1.26. The number of aliphatic hydroxyl groups excluding tert-OH is 1. The minimum Gasteiger partial charge on any atom is -0.392 e. The maximum Gasteiger partial charge on any atom is 0.104 e. The molecule has 90 valence electrons. The Morgan fingerprint density at radius 2 is 2.12 bits per heavy atom. The van der Waals surface area contributed by atoms with Crippen molar-refractivity contribution in [2.24, 2.45) is 7.05 Å². The van der Waals surface area contributed by atoms with Crippen LogP contribution >= 0.6 is 11.8 Å². The normalized spacial score (nSPS) is 10.8. The molecule has 0 amide bonds. The fourth-order valence-electron chi connectivity index (χ4n) is 1.78. The fourth-order valence-corrected chi connectivity index (χ4v) is 2.90. The summed E-state index contributed by atoms with van der Waals surface area (Å²) in [6.45, 7) is 4.03. The van der Waals surface area contributed by atoms with Crippen molar-refractivity contribution in [1.29, 1.82) is 0 Å². The van der Waals surface area contributed by atoms with E-state index in [-0.39, 0.29) is 6.61 Å². The van der Waals surface area contributed by atoms with Gasteiger partial charge in [0.25, 0.3) is 0 Å². The second-order valence-electron chi connectivity index (χ2n) is 4.07. The van der Waals surface area contributed by atoms with Crippen LogP contribution < -0.4 is 0 Å². The van der Waals surface area contributed by atoms with Crippen molar-refractivity contribution < 1.29 is 5.11 Å². The third kappa shape index (κ3) is 2.53. The maximum absolute atomic E-state index is 9.38. The lowest BCUT2D eigenvalue weighted by molar-refractivity contribution is 0.277. The molecule has 3 nitrogen and oxygen atoms in total. The average Bonchev–Trinajstić information content (AvgIpc) is 2.53. The smallest absolute Gasteiger partial charge is 0.104 e. The molecule has 0 spiro atoms. The zero-order chi connectivity index (χ0) is 12.4. The van der Waals surface area contributed by atoms with Gasteiger partial charge >= 0.3 is 0 Å². The van der Waals surface area contributed by atoms with Crippen molar-refractivity contribution in [3.05, 3.63) is 41.1 Å². The Morgan fingerprint density at radius 1 is 1.35 bits per heavy atom. The number of aliphatic hydroxyl groups is 1. The van der Waals surface area contributed by atoms with Crippen LogP contribution in [0.3, 0.4) is 0 Å². The first-order valence-electron chi connectivity index (χ1n) is 5.49. The molecule has 0 saturated carbocycles. The molecule has 0 saturated heterocycles. The van der Waals surface area contributed by atoms with Gasteiger partial charge in [-0.25, -0.2) is 0 Å². The molecule has 0 unspecified atom stereocenters. The van der Waals surface area contributed by atoms with E-state index in [2.05, 4.69) is 30.2 Å². The number of benzene rings is 1. The molecule has 0 radical (unpaired) electrons. The molecule has 1 heterocycles. The monoisotopic (exact) mass is 248 g/mol. The second-order valence-corrected chi connectivity index (χ2v) is 5.13. The van der Waals surface area contributed by atoms with Crippen molar-refractivity contribution in [2.45, 2.75) is 30.4 Å². The molecule has 0 aliphatic carbocycles. The van der Waals surface area contributed by atoms with Crippen LogP contribution in [-0.2, 0) is 13.7 Å². The fraction of sp³-hybridized carbons (Fsp3) is 0.308. The first-order chi connectivity index (χ1) is 8.11. The molecule has 17 heavy (non-hydrogen) atoms. The molecule has 0 atom stereocenters. The quantitative estimate of drug-likeness (QED) is 0.907. The van der Waals surface area contributed by atoms with Crippen LogP contribution in [0.25, 0.3) is 0 Å². The Kier molecular flexibility index (Phi) is 3.54. The topological polar surface area (TPSA) is 38.1 Å². The number of nitrogens with zero attached hydrogens (tertiary/aromatic N) is 2. The van der Waals surface area contributed by atoms with Crippen molar-refractivity contribution in [2.75, 3.05) is 0 Å². The first kappa shape index (κ1) is 12.2. The highest BCUT2D eigenvalue weighted by Crippen LogP contribution is 2.31. The summed E-state index contributed by atoms with van der Waals surface area (Å²) in [5, 5.41) is 14.7. The summed E-state index contributed by atoms with van der Waals surface area (Å²) in [6, 6.07) is 8.32. The van der Waals surface area contributed by atoms with E-state index in [1.807, 2.05) is 24.7 Å². The van der Waals surface area contributed by atoms with E-state index < -0.39 is 0 Å². The standard InChI is InChI=1S/C13H16N2OS/c1-9-5-4-6-11(7-9)17-13-12(8-16)10(2)14-15(13)3/h4-7,16H,8H2,1-3H3. The summed E-state index contributed by atoms with van der Waals surface area (Å²) in [7, 11) is 1.91. The van der Waals surface area contributed by atoms with Gasteiger partial charge in [-0.05, 0) is 26.0 Å². The molecule has 0 aliphatic rings. The molecule has 0 aliphatic heterocycles. The van der Waals surface area contributed by atoms with Crippen LogP contribution in [0.15, 0.2) is 34.2 Å². The molecule has 2 aromatic rings. The number of aryl methyl sites for hydroxylation is 3. The zero-order valence-corrected chi connectivity index (χ0v) is 11.1. The maximum atomic E-state index is 9.38. The molecule has 2 rings (SSSR count). The van der Waals surface area contributed by atoms with E-state index >= 15 is 0 Å². The van der Waals surface area contributed by atoms with Gasteiger partial charge in [-0.2, -0.15) is 5.10 Å². The highest BCUT2D eigenvalue weighted by Gasteiger charge is 2.13. The van der Waals surface area contributed by atoms with Crippen LogP contribution in [0.4, 0.5) is 0 Å². The highest BCUT2D eigenvalue weighted by molar-refractivity contribution is 7.99. The van der Waals surface area contributed by atoms with Crippen LogP contribution in [0.1, 0.15) is 16.8 Å². The van der Waals surface area contributed by atoms with Crippen LogP contribution in [0.2, 0.25) is 0 Å². The summed E-state index contributed by atoms with van der Waals surface area (Å²) in [4.78, 5) is 1.17. The Morgan fingerprint density at radius 3 is 2.76 bits per heavy atom. The minimum absolute atomic E-state index is 0.0355. The van der Waals surface area contributed by atoms with E-state index in [1.165, 1.54) is 10.5 Å². The summed E-state index contributed by atoms with van der Waals surface area (Å²) >= 11 is 1.64. The molecule has 1 aromatic heterocycles. The van der Waals surface area contributed by atoms with Crippen LogP contribution in [-0.4, -0.2) is 14.9 Å². The van der Waals surface area contributed by atoms with Gasteiger partial charge in [-0.15, -0.1) is 0 Å². The summed E-state index contributed by atoms with van der Waals surface area (Å²) in [5.74, 6) is 0. The van der Waals surface area contributed by atoms with Gasteiger partial charge < -0.3 is 5.11 Å². The molecule has 1 aromatic carbocycles. The SMILES string of the molecule is Cc1cccc(Sc2c(CO)c(C)nn2C)c1. The summed E-state index contributed by atoms with van der Waals surface area (Å²) < 4.78 is 1.83. The third-order valence-corrected chi connectivity index (χ3v) is 3.84. The predicted molar refractivity (Wildman–Crippen MR) is 69.2 cm³/mol. The van der Waals surface area contributed by atoms with Crippen LogP contribution in [0, 0.1) is 13.8 Å². The number of rotatable bonds is 3. The minimum atomic E-state index is 0.0355. The molecule has 4 heteroatoms. The number of hydrogen-bond acceptors (Lipinski definition) is 3. The van der Waals surface area contributed by atoms with E-state index in [0.717, 1.165) is 16.3 Å². The Bertz CT molecular complexity index is 534. The summed E-state index contributed by atoms with van der Waals surface area (Å²) in [6.07, 6.45) is 0. The van der Waals surface area contributed by atoms with Gasteiger partial charge in [-0.1, -0.05) is 29.5 Å². The lowest BCUT2D eigenvalue weighted by atomic mass is 10.2. The number of hydrogen-bond donors (Lipinski definition) is 1. The second kappa shape index (κ2) is 4.94. The predicted octanol–water partition coefficient (Wildman–Crippen LogP) is 2.68. The molecular formula is C13H16N2OS. The highest BCUT2D eigenvalue weighted by atomic mass is 32.2. The van der Waals surface area contributed by atoms with E-state index in [0.29, 0.717) is 0 Å². The molecule has 1 N–H and O–H groups in total. The largest absolute Gasteiger partial charge is 0.392 e. The van der Waals surface area contributed by atoms with Gasteiger partial charge in [0, 0.05) is 17.5 Å². The van der Waals surface area contributed by atoms with Gasteiger partial charge in [-0.3, -0.25) is 4.68 Å². The lowest BCUT2D eigenvalue weighted by Gasteiger charge is -2.05.